The fraction of sp³-hybridized carbons (Fsp3) is 0.400. The molecule has 0 radical (unpaired) electrons. The Balaban J connectivity index is 1.43. The average molecular weight is 810 g/mol. The number of benzene rings is 2. The summed E-state index contributed by atoms with van der Waals surface area (Å²) in [6, 6.07) is 9.91. The predicted octanol–water partition coefficient (Wildman–Crippen LogP) is 4.29. The zero-order valence-electron chi connectivity index (χ0n) is 29.2. The highest BCUT2D eigenvalue weighted by atomic mass is 32.2. The van der Waals surface area contributed by atoms with E-state index in [0.717, 1.165) is 28.1 Å². The molecule has 2 heterocycles. The third-order valence-corrected chi connectivity index (χ3v) is 13.6. The number of allylic oxidation sites excluding steroid dienone is 7. The van der Waals surface area contributed by atoms with E-state index in [1.165, 1.54) is 24.3 Å². The predicted molar refractivity (Wildman–Crippen MR) is 199 cm³/mol. The molecule has 0 bridgehead atoms. The number of hydrogen-bond acceptors (Lipinski definition) is 9. The molecule has 0 aromatic heterocycles. The van der Waals surface area contributed by atoms with Gasteiger partial charge in [-0.2, -0.15) is 38.2 Å². The minimum atomic E-state index is -4.56. The molecule has 2 aromatic rings. The van der Waals surface area contributed by atoms with Crippen LogP contribution in [0.15, 0.2) is 88.0 Å². The van der Waals surface area contributed by atoms with Crippen molar-refractivity contribution in [2.45, 2.75) is 62.2 Å². The zero-order valence-corrected chi connectivity index (χ0v) is 32.5. The van der Waals surface area contributed by atoms with E-state index in [1.54, 1.807) is 22.8 Å². The maximum atomic E-state index is 12.2. The summed E-state index contributed by atoms with van der Waals surface area (Å²) in [6.07, 6.45) is 8.70. The first kappa shape index (κ1) is 39.2. The first-order valence-corrected chi connectivity index (χ1v) is 23.0. The van der Waals surface area contributed by atoms with Crippen molar-refractivity contribution in [1.82, 2.24) is 0 Å². The zero-order chi connectivity index (χ0) is 38.9. The Labute approximate surface area is 309 Å². The molecule has 6 rings (SSSR count). The lowest BCUT2D eigenvalue weighted by atomic mass is 9.81. The molecule has 2 atom stereocenters. The molecule has 2 aliphatic heterocycles. The highest BCUT2D eigenvalue weighted by Gasteiger charge is 2.54. The van der Waals surface area contributed by atoms with E-state index in [9.17, 15) is 51.9 Å². The summed E-state index contributed by atoms with van der Waals surface area (Å²) < 4.78 is 136. The van der Waals surface area contributed by atoms with Gasteiger partial charge in [0.25, 0.3) is 40.5 Å². The molecule has 4 aliphatic rings. The maximum absolute atomic E-state index is 12.2. The van der Waals surface area contributed by atoms with Crippen LogP contribution in [0.1, 0.15) is 56.2 Å². The van der Waals surface area contributed by atoms with E-state index in [4.69, 9.17) is 0 Å². The molecule has 2 unspecified atom stereocenters. The number of nitrogens with zero attached hydrogens (tertiary/aromatic N) is 2. The van der Waals surface area contributed by atoms with Crippen LogP contribution in [0.4, 0.5) is 11.4 Å². The molecule has 2 aliphatic carbocycles. The van der Waals surface area contributed by atoms with Crippen LogP contribution in [-0.4, -0.2) is 92.5 Å². The van der Waals surface area contributed by atoms with Gasteiger partial charge >= 0.3 is 0 Å². The van der Waals surface area contributed by atoms with Gasteiger partial charge in [0.1, 0.15) is 11.5 Å². The van der Waals surface area contributed by atoms with Gasteiger partial charge in [-0.05, 0) is 81.4 Å². The topological polar surface area (TPSA) is 224 Å². The minimum absolute atomic E-state index is 0.00342. The molecular formula is C35H41N2O12S4+. The van der Waals surface area contributed by atoms with Gasteiger partial charge in [0.15, 0.2) is 12.3 Å². The molecular weight excluding hydrogens is 769 g/mol. The Morgan fingerprint density at radius 1 is 0.830 bits per heavy atom. The lowest BCUT2D eigenvalue weighted by molar-refractivity contribution is -0.432. The Morgan fingerprint density at radius 3 is 2.15 bits per heavy atom. The fourth-order valence-electron chi connectivity index (χ4n) is 8.32. The van der Waals surface area contributed by atoms with Crippen LogP contribution < -0.4 is 4.90 Å². The average Bonchev–Trinajstić information content (AvgIpc) is 3.68. The smallest absolute Gasteiger partial charge is 0.294 e. The second-order valence-corrected chi connectivity index (χ2v) is 20.4. The van der Waals surface area contributed by atoms with Gasteiger partial charge in [0, 0.05) is 40.5 Å². The quantitative estimate of drug-likeness (QED) is 0.134. The Hall–Kier alpha value is -3.49. The number of anilines is 1. The van der Waals surface area contributed by atoms with E-state index in [1.807, 2.05) is 30.9 Å². The summed E-state index contributed by atoms with van der Waals surface area (Å²) in [7, 11) is -17.8. The largest absolute Gasteiger partial charge is 0.343 e. The molecule has 2 aromatic carbocycles. The van der Waals surface area contributed by atoms with Gasteiger partial charge in [-0.15, -0.1) is 0 Å². The molecule has 14 nitrogen and oxygen atoms in total. The first-order chi connectivity index (χ1) is 24.4. The molecule has 0 spiro atoms. The maximum Gasteiger partial charge on any atom is 0.294 e. The van der Waals surface area contributed by atoms with Gasteiger partial charge in [-0.25, -0.2) is 0 Å². The van der Waals surface area contributed by atoms with Gasteiger partial charge < -0.3 is 4.90 Å². The summed E-state index contributed by atoms with van der Waals surface area (Å²) >= 11 is 0. The van der Waals surface area contributed by atoms with Crippen LogP contribution in [0, 0.1) is 6.92 Å². The third-order valence-electron chi connectivity index (χ3n) is 10.7. The van der Waals surface area contributed by atoms with Crippen molar-refractivity contribution >= 4 is 57.6 Å². The van der Waals surface area contributed by atoms with Crippen molar-refractivity contribution in [2.75, 3.05) is 35.2 Å². The Bertz CT molecular complexity index is 2530. The monoisotopic (exact) mass is 809 g/mol. The Kier molecular flexibility index (Phi) is 9.89. The minimum Gasteiger partial charge on any atom is -0.343 e. The van der Waals surface area contributed by atoms with E-state index >= 15 is 0 Å². The molecule has 53 heavy (non-hydrogen) atoms. The van der Waals surface area contributed by atoms with Crippen LogP contribution in [0.2, 0.25) is 0 Å². The van der Waals surface area contributed by atoms with Crippen molar-refractivity contribution in [3.8, 4) is 0 Å². The van der Waals surface area contributed by atoms with Gasteiger partial charge in [-0.3, -0.25) is 18.2 Å². The highest BCUT2D eigenvalue weighted by Crippen LogP contribution is 2.56. The Morgan fingerprint density at radius 2 is 1.51 bits per heavy atom. The number of fused-ring (bicyclic) bond motifs is 6. The summed E-state index contributed by atoms with van der Waals surface area (Å²) in [5, 5.41) is 0. The first-order valence-electron chi connectivity index (χ1n) is 16.7. The summed E-state index contributed by atoms with van der Waals surface area (Å²) in [5.41, 5.74) is 5.78. The van der Waals surface area contributed by atoms with Gasteiger partial charge in [0.05, 0.1) is 16.1 Å². The van der Waals surface area contributed by atoms with E-state index in [2.05, 4.69) is 13.0 Å². The summed E-state index contributed by atoms with van der Waals surface area (Å²) in [5.74, 6) is -1.87. The molecule has 18 heteroatoms. The highest BCUT2D eigenvalue weighted by molar-refractivity contribution is 7.86. The van der Waals surface area contributed by atoms with Crippen molar-refractivity contribution in [3.05, 3.63) is 99.8 Å². The fourth-order valence-corrected chi connectivity index (χ4v) is 10.3. The molecule has 1 saturated carbocycles. The van der Waals surface area contributed by atoms with Gasteiger partial charge in [0.2, 0.25) is 5.69 Å². The molecule has 4 N–H and O–H groups in total. The molecule has 0 saturated heterocycles. The molecule has 0 amide bonds. The van der Waals surface area contributed by atoms with Crippen molar-refractivity contribution in [3.63, 3.8) is 0 Å². The lowest BCUT2D eigenvalue weighted by Crippen LogP contribution is -2.30. The van der Waals surface area contributed by atoms with Crippen LogP contribution in [-0.2, 0) is 51.3 Å². The van der Waals surface area contributed by atoms with E-state index in [-0.39, 0.29) is 23.6 Å². The molecule has 1 fully saturated rings. The third kappa shape index (κ3) is 7.86. The van der Waals surface area contributed by atoms with Crippen LogP contribution in [0.25, 0.3) is 0 Å². The second-order valence-electron chi connectivity index (χ2n) is 14.4. The van der Waals surface area contributed by atoms with Crippen LogP contribution in [0.3, 0.4) is 0 Å². The standard InChI is InChI=1S/C35H40N2O12S4/c1-23-4-10-30-28(20-23)34(2)14-12-25(32(34)36(30)16-18-50(38,39)40)7-5-24(22-52(44,45)46)6-8-26-13-15-35(3)29-21-27(53(47,48)49)9-11-31(29)37(33(26)35)17-19-51(41,42)43/h4-11,20-21H,12-19,22H2,1-3H3,(H3-,38,39,40,41,42,43,44,45,46,47,48,49)/p+1. The van der Waals surface area contributed by atoms with Crippen LogP contribution >= 0.6 is 0 Å². The van der Waals surface area contributed by atoms with Gasteiger partial charge in [-0.1, -0.05) is 42.0 Å². The van der Waals surface area contributed by atoms with Crippen molar-refractivity contribution in [1.29, 1.82) is 0 Å². The second kappa shape index (κ2) is 13.4. The summed E-state index contributed by atoms with van der Waals surface area (Å²) in [6.45, 7) is 5.70. The van der Waals surface area contributed by atoms with Crippen LogP contribution in [0.5, 0.6) is 0 Å². The van der Waals surface area contributed by atoms with E-state index < -0.39 is 68.6 Å². The lowest BCUT2D eigenvalue weighted by Gasteiger charge is -2.26. The van der Waals surface area contributed by atoms with E-state index in [0.29, 0.717) is 48.2 Å². The normalized spacial score (nSPS) is 24.1. The summed E-state index contributed by atoms with van der Waals surface area (Å²) in [4.78, 5) is 1.55. The number of hydrogen-bond donors (Lipinski definition) is 4. The number of aryl methyl sites for hydroxylation is 1. The number of rotatable bonds is 12. The van der Waals surface area contributed by atoms with Crippen molar-refractivity contribution in [2.24, 2.45) is 0 Å². The van der Waals surface area contributed by atoms with Crippen molar-refractivity contribution < 1.29 is 56.5 Å². The molecule has 286 valence electrons. The SMILES string of the molecule is Cc1ccc2c(c1)C1(C)CCC(/C=C/C(=C/C=C3\CCC4(C)C3=[N+](CCS(=O)(=O)O)c3ccc(S(=O)(=O)O)cc34)CS(=O)(=O)O)=C1N2CCS(=O)(=O)O.